The summed E-state index contributed by atoms with van der Waals surface area (Å²) >= 11 is 32.6. The van der Waals surface area contributed by atoms with Crippen LogP contribution < -0.4 is 0 Å². The summed E-state index contributed by atoms with van der Waals surface area (Å²) in [6, 6.07) is 0. The zero-order valence-electron chi connectivity index (χ0n) is 6.89. The van der Waals surface area contributed by atoms with Crippen molar-refractivity contribution in [2.75, 3.05) is 0 Å². The average molecular weight is 365 g/mol. The number of sulfonamides is 1. The highest BCUT2D eigenvalue weighted by atomic mass is 35.5. The van der Waals surface area contributed by atoms with Gasteiger partial charge in [-0.25, -0.2) is 13.4 Å². The Morgan fingerprint density at radius 3 is 1.62 bits per heavy atom. The molecule has 0 saturated carbocycles. The minimum absolute atomic E-state index is 0.104. The van der Waals surface area contributed by atoms with Crippen molar-refractivity contribution in [3.8, 4) is 0 Å². The molecule has 1 heterocycles. The molecule has 90 valence electrons. The molecule has 0 spiro atoms. The van der Waals surface area contributed by atoms with Gasteiger partial charge in [0.1, 0.15) is 4.90 Å². The molecule has 0 N–H and O–H groups in total. The van der Waals surface area contributed by atoms with Crippen LogP contribution in [0.2, 0.25) is 20.4 Å². The summed E-state index contributed by atoms with van der Waals surface area (Å²) in [5, 5.41) is -1.49. The molecule has 0 saturated heterocycles. The topological polar surface area (TPSA) is 50.3 Å². The Morgan fingerprint density at radius 2 is 1.31 bits per heavy atom. The molecule has 0 radical (unpaired) electrons. The number of aromatic nitrogens is 1. The lowest BCUT2D eigenvalue weighted by molar-refractivity contribution is 0.579. The number of pyridine rings is 1. The Bertz CT molecular complexity index is 504. The third-order valence-electron chi connectivity index (χ3n) is 1.40. The fourth-order valence-electron chi connectivity index (χ4n) is 0.764. The van der Waals surface area contributed by atoms with Gasteiger partial charge in [-0.1, -0.05) is 46.4 Å². The summed E-state index contributed by atoms with van der Waals surface area (Å²) in [6.07, 6.45) is 0. The van der Waals surface area contributed by atoms with E-state index in [1.807, 2.05) is 0 Å². The van der Waals surface area contributed by atoms with Crippen molar-refractivity contribution < 1.29 is 8.42 Å². The third kappa shape index (κ3) is 2.62. The van der Waals surface area contributed by atoms with Gasteiger partial charge in [0, 0.05) is 23.6 Å². The summed E-state index contributed by atoms with van der Waals surface area (Å²) in [5.74, 6) is 0. The number of hydrogen-bond acceptors (Lipinski definition) is 3. The maximum Gasteiger partial charge on any atom is 0.273 e. The molecule has 0 aliphatic carbocycles. The van der Waals surface area contributed by atoms with Crippen LogP contribution in [0, 0.1) is 0 Å². The van der Waals surface area contributed by atoms with Gasteiger partial charge in [-0.2, -0.15) is 0 Å². The largest absolute Gasteiger partial charge is 0.273 e. The zero-order valence-corrected chi connectivity index (χ0v) is 12.2. The van der Waals surface area contributed by atoms with Crippen LogP contribution in [0.5, 0.6) is 0 Å². The van der Waals surface area contributed by atoms with Gasteiger partial charge in [0.2, 0.25) is 0 Å². The maximum absolute atomic E-state index is 11.6. The van der Waals surface area contributed by atoms with Gasteiger partial charge in [-0.15, -0.1) is 0 Å². The number of rotatable bonds is 2. The van der Waals surface area contributed by atoms with E-state index in [1.54, 1.807) is 0 Å². The predicted molar refractivity (Wildman–Crippen MR) is 65.0 cm³/mol. The molecule has 1 aromatic rings. The number of halogens is 6. The van der Waals surface area contributed by atoms with Crippen LogP contribution in [0.25, 0.3) is 0 Å². The van der Waals surface area contributed by atoms with Gasteiger partial charge < -0.3 is 0 Å². The van der Waals surface area contributed by atoms with Gasteiger partial charge in [-0.3, -0.25) is 0 Å². The van der Waals surface area contributed by atoms with Gasteiger partial charge in [-0.05, 0) is 3.34 Å². The third-order valence-corrected chi connectivity index (χ3v) is 5.48. The van der Waals surface area contributed by atoms with E-state index in [0.29, 0.717) is 0 Å². The second kappa shape index (κ2) is 5.20. The smallest absolute Gasteiger partial charge is 0.221 e. The molecule has 0 amide bonds. The Hall–Kier alpha value is 0.800. The van der Waals surface area contributed by atoms with Gasteiger partial charge in [0.25, 0.3) is 10.0 Å². The first-order chi connectivity index (χ1) is 7.19. The van der Waals surface area contributed by atoms with E-state index in [1.165, 1.54) is 0 Å². The van der Waals surface area contributed by atoms with Crippen LogP contribution >= 0.6 is 70.0 Å². The summed E-state index contributed by atoms with van der Waals surface area (Å²) in [6.45, 7) is 0. The summed E-state index contributed by atoms with van der Waals surface area (Å²) in [5.41, 5.74) is 0. The van der Waals surface area contributed by atoms with Crippen molar-refractivity contribution in [3.63, 3.8) is 0 Å². The zero-order chi connectivity index (χ0) is 12.7. The Labute approximate surface area is 121 Å². The minimum Gasteiger partial charge on any atom is -0.221 e. The van der Waals surface area contributed by atoms with E-state index < -0.39 is 25.0 Å². The molecule has 1 rings (SSSR count). The highest BCUT2D eigenvalue weighted by Crippen LogP contribution is 2.39. The molecule has 1 aromatic heterocycles. The quantitative estimate of drug-likeness (QED) is 0.589. The lowest BCUT2D eigenvalue weighted by atomic mass is 10.5. The molecule has 0 aliphatic rings. The van der Waals surface area contributed by atoms with Crippen molar-refractivity contribution >= 4 is 80.0 Å². The van der Waals surface area contributed by atoms with Crippen molar-refractivity contribution in [3.05, 3.63) is 20.4 Å². The van der Waals surface area contributed by atoms with Crippen LogP contribution in [-0.4, -0.2) is 16.7 Å². The summed E-state index contributed by atoms with van der Waals surface area (Å²) in [4.78, 5) is 2.90. The van der Waals surface area contributed by atoms with Crippen LogP contribution in [-0.2, 0) is 10.0 Å². The molecule has 0 fully saturated rings. The Morgan fingerprint density at radius 1 is 0.938 bits per heavy atom. The van der Waals surface area contributed by atoms with E-state index in [9.17, 15) is 8.42 Å². The predicted octanol–water partition coefficient (Wildman–Crippen LogP) is 3.99. The highest BCUT2D eigenvalue weighted by molar-refractivity contribution is 7.91. The van der Waals surface area contributed by atoms with Crippen LogP contribution in [0.15, 0.2) is 4.90 Å². The van der Waals surface area contributed by atoms with Gasteiger partial charge >= 0.3 is 0 Å². The summed E-state index contributed by atoms with van der Waals surface area (Å²) < 4.78 is 23.1. The van der Waals surface area contributed by atoms with E-state index in [2.05, 4.69) is 4.98 Å². The van der Waals surface area contributed by atoms with E-state index >= 15 is 0 Å². The Balaban J connectivity index is 3.70. The normalized spacial score (nSPS) is 12.2. The fraction of sp³-hybridized carbons (Fsp3) is 0. The highest BCUT2D eigenvalue weighted by Gasteiger charge is 2.31. The molecule has 16 heavy (non-hydrogen) atoms. The molecule has 11 heteroatoms. The average Bonchev–Trinajstić information content (AvgIpc) is 2.14. The van der Waals surface area contributed by atoms with Crippen molar-refractivity contribution in [2.45, 2.75) is 4.90 Å². The molecule has 0 bridgehead atoms. The molecule has 0 atom stereocenters. The molecule has 4 nitrogen and oxygen atoms in total. The molecular weight excluding hydrogens is 365 g/mol. The van der Waals surface area contributed by atoms with E-state index in [0.717, 1.165) is 0 Å². The molecule has 0 aliphatic heterocycles. The fourth-order valence-corrected chi connectivity index (χ4v) is 3.38. The van der Waals surface area contributed by atoms with Gasteiger partial charge in [0.15, 0.2) is 10.3 Å². The standard InChI is InChI=1S/C5Cl6N2O2S/c6-1-3(16(14,15)13(10)11)2(7)5(9)12-4(1)8. The van der Waals surface area contributed by atoms with E-state index in [4.69, 9.17) is 70.0 Å². The molecule has 0 aromatic carbocycles. The molecular formula is C5Cl6N2O2S. The van der Waals surface area contributed by atoms with Crippen molar-refractivity contribution in [1.82, 2.24) is 8.33 Å². The SMILES string of the molecule is O=S(=O)(c1c(Cl)c(Cl)nc(Cl)c1Cl)N(Cl)Cl. The second-order valence-electron chi connectivity index (χ2n) is 2.33. The number of hydrogen-bond donors (Lipinski definition) is 0. The van der Waals surface area contributed by atoms with Crippen LogP contribution in [0.4, 0.5) is 0 Å². The van der Waals surface area contributed by atoms with Crippen LogP contribution in [0.1, 0.15) is 0 Å². The number of nitrogens with zero attached hydrogens (tertiary/aromatic N) is 2. The second-order valence-corrected chi connectivity index (χ2v) is 6.77. The lowest BCUT2D eigenvalue weighted by Gasteiger charge is -2.11. The first-order valence-corrected chi connectivity index (χ1v) is 6.89. The minimum atomic E-state index is -4.29. The van der Waals surface area contributed by atoms with Crippen molar-refractivity contribution in [2.24, 2.45) is 0 Å². The summed E-state index contributed by atoms with van der Waals surface area (Å²) in [7, 11) is -4.29. The lowest BCUT2D eigenvalue weighted by Crippen LogP contribution is -2.14. The maximum atomic E-state index is 11.6. The first kappa shape index (κ1) is 14.9. The van der Waals surface area contributed by atoms with E-state index in [-0.39, 0.29) is 13.6 Å². The first-order valence-electron chi connectivity index (χ1n) is 3.26. The van der Waals surface area contributed by atoms with Crippen LogP contribution in [0.3, 0.4) is 0 Å². The van der Waals surface area contributed by atoms with Gasteiger partial charge in [0.05, 0.1) is 10.0 Å². The monoisotopic (exact) mass is 362 g/mol. The Kier molecular flexibility index (Phi) is 4.83. The van der Waals surface area contributed by atoms with Crippen molar-refractivity contribution in [1.29, 1.82) is 0 Å². The molecule has 0 unspecified atom stereocenters.